The highest BCUT2D eigenvalue weighted by Crippen LogP contribution is 2.34. The van der Waals surface area contributed by atoms with Gasteiger partial charge < -0.3 is 19.9 Å². The molecule has 1 aliphatic rings. The lowest BCUT2D eigenvalue weighted by Gasteiger charge is -2.30. The van der Waals surface area contributed by atoms with Crippen molar-refractivity contribution < 1.29 is 14.3 Å². The number of anilines is 2. The molecule has 0 saturated heterocycles. The molecule has 0 spiro atoms. The SMILES string of the molecule is CN(C)CCN1C(=O)COc2cc(NC(=O)/C=C/c3ccc(Cl)cc3)ccc21. The lowest BCUT2D eigenvalue weighted by molar-refractivity contribution is -0.121. The lowest BCUT2D eigenvalue weighted by atomic mass is 10.2. The molecule has 2 aromatic rings. The van der Waals surface area contributed by atoms with Crippen molar-refractivity contribution in [3.63, 3.8) is 0 Å². The number of benzene rings is 2. The molecule has 0 radical (unpaired) electrons. The third-order valence-electron chi connectivity index (χ3n) is 4.24. The summed E-state index contributed by atoms with van der Waals surface area (Å²) in [6.45, 7) is 1.32. The van der Waals surface area contributed by atoms with Crippen LogP contribution in [0.15, 0.2) is 48.5 Å². The normalized spacial score (nSPS) is 13.6. The number of likely N-dealkylation sites (N-methyl/N-ethyl adjacent to an activating group) is 1. The summed E-state index contributed by atoms with van der Waals surface area (Å²) in [6.07, 6.45) is 3.17. The average Bonchev–Trinajstić information content (AvgIpc) is 2.66. The van der Waals surface area contributed by atoms with E-state index in [0.717, 1.165) is 12.1 Å². The van der Waals surface area contributed by atoms with Crippen LogP contribution in [-0.2, 0) is 9.59 Å². The van der Waals surface area contributed by atoms with Gasteiger partial charge in [-0.3, -0.25) is 9.59 Å². The van der Waals surface area contributed by atoms with E-state index in [2.05, 4.69) is 5.32 Å². The minimum absolute atomic E-state index is 0.00566. The first-order valence-electron chi connectivity index (χ1n) is 8.89. The average molecular weight is 400 g/mol. The predicted molar refractivity (Wildman–Crippen MR) is 112 cm³/mol. The van der Waals surface area contributed by atoms with E-state index in [4.69, 9.17) is 16.3 Å². The van der Waals surface area contributed by atoms with Crippen molar-refractivity contribution in [1.29, 1.82) is 0 Å². The highest BCUT2D eigenvalue weighted by molar-refractivity contribution is 6.30. The monoisotopic (exact) mass is 399 g/mol. The summed E-state index contributed by atoms with van der Waals surface area (Å²) in [6, 6.07) is 12.5. The van der Waals surface area contributed by atoms with Crippen LogP contribution in [0.4, 0.5) is 11.4 Å². The van der Waals surface area contributed by atoms with Crippen molar-refractivity contribution >= 4 is 40.9 Å². The number of carbonyl (C=O) groups is 2. The fourth-order valence-electron chi connectivity index (χ4n) is 2.76. The van der Waals surface area contributed by atoms with Crippen molar-refractivity contribution in [3.05, 3.63) is 59.1 Å². The summed E-state index contributed by atoms with van der Waals surface area (Å²) in [4.78, 5) is 28.1. The lowest BCUT2D eigenvalue weighted by Crippen LogP contribution is -2.42. The van der Waals surface area contributed by atoms with Crippen molar-refractivity contribution in [1.82, 2.24) is 4.90 Å². The number of nitrogens with one attached hydrogen (secondary N) is 1. The number of hydrogen-bond donors (Lipinski definition) is 1. The van der Waals surface area contributed by atoms with E-state index in [1.807, 2.05) is 31.1 Å². The van der Waals surface area contributed by atoms with Crippen LogP contribution in [0.2, 0.25) is 5.02 Å². The fourth-order valence-corrected chi connectivity index (χ4v) is 2.88. The van der Waals surface area contributed by atoms with Crippen LogP contribution in [0, 0.1) is 0 Å². The Hall–Kier alpha value is -2.83. The van der Waals surface area contributed by atoms with E-state index in [1.54, 1.807) is 41.3 Å². The van der Waals surface area contributed by atoms with E-state index in [0.29, 0.717) is 28.7 Å². The molecule has 3 rings (SSSR count). The predicted octanol–water partition coefficient (Wildman–Crippen LogP) is 3.28. The maximum atomic E-state index is 12.2. The maximum Gasteiger partial charge on any atom is 0.265 e. The van der Waals surface area contributed by atoms with Crippen LogP contribution in [0.25, 0.3) is 6.08 Å². The third-order valence-corrected chi connectivity index (χ3v) is 4.49. The number of rotatable bonds is 6. The summed E-state index contributed by atoms with van der Waals surface area (Å²) in [5.74, 6) is 0.251. The van der Waals surface area contributed by atoms with Crippen LogP contribution in [0.5, 0.6) is 5.75 Å². The van der Waals surface area contributed by atoms with Gasteiger partial charge in [0.25, 0.3) is 5.91 Å². The van der Waals surface area contributed by atoms with Crippen LogP contribution in [-0.4, -0.2) is 50.5 Å². The Morgan fingerprint density at radius 1 is 1.25 bits per heavy atom. The summed E-state index contributed by atoms with van der Waals surface area (Å²) < 4.78 is 5.55. The number of nitrogens with zero attached hydrogens (tertiary/aromatic N) is 2. The molecule has 7 heteroatoms. The largest absolute Gasteiger partial charge is 0.481 e. The van der Waals surface area contributed by atoms with E-state index < -0.39 is 0 Å². The molecule has 28 heavy (non-hydrogen) atoms. The number of halogens is 1. The number of amides is 2. The van der Waals surface area contributed by atoms with E-state index in [-0.39, 0.29) is 18.4 Å². The van der Waals surface area contributed by atoms with Crippen molar-refractivity contribution in [2.24, 2.45) is 0 Å². The molecule has 1 N–H and O–H groups in total. The highest BCUT2D eigenvalue weighted by atomic mass is 35.5. The summed E-state index contributed by atoms with van der Waals surface area (Å²) >= 11 is 5.85. The quantitative estimate of drug-likeness (QED) is 0.757. The smallest absolute Gasteiger partial charge is 0.265 e. The molecule has 2 aromatic carbocycles. The second kappa shape index (κ2) is 8.91. The van der Waals surface area contributed by atoms with Gasteiger partial charge in [0.15, 0.2) is 6.61 Å². The molecule has 0 aliphatic carbocycles. The molecule has 0 bridgehead atoms. The van der Waals surface area contributed by atoms with Gasteiger partial charge in [0.2, 0.25) is 5.91 Å². The van der Waals surface area contributed by atoms with Gasteiger partial charge in [-0.2, -0.15) is 0 Å². The second-order valence-electron chi connectivity index (χ2n) is 6.69. The Morgan fingerprint density at radius 2 is 2.00 bits per heavy atom. The third kappa shape index (κ3) is 5.12. The zero-order valence-electron chi connectivity index (χ0n) is 15.8. The zero-order valence-corrected chi connectivity index (χ0v) is 16.6. The van der Waals surface area contributed by atoms with Gasteiger partial charge >= 0.3 is 0 Å². The Balaban J connectivity index is 1.68. The summed E-state index contributed by atoms with van der Waals surface area (Å²) in [7, 11) is 3.92. The molecule has 1 aliphatic heterocycles. The minimum Gasteiger partial charge on any atom is -0.481 e. The van der Waals surface area contributed by atoms with Crippen molar-refractivity contribution in [2.45, 2.75) is 0 Å². The molecule has 0 aromatic heterocycles. The fraction of sp³-hybridized carbons (Fsp3) is 0.238. The number of ether oxygens (including phenoxy) is 1. The molecule has 0 saturated carbocycles. The number of hydrogen-bond acceptors (Lipinski definition) is 4. The first-order valence-corrected chi connectivity index (χ1v) is 9.27. The zero-order chi connectivity index (χ0) is 20.1. The summed E-state index contributed by atoms with van der Waals surface area (Å²) in [5.41, 5.74) is 2.20. The topological polar surface area (TPSA) is 61.9 Å². The number of carbonyl (C=O) groups excluding carboxylic acids is 2. The van der Waals surface area contributed by atoms with Gasteiger partial charge in [0.1, 0.15) is 5.75 Å². The first-order chi connectivity index (χ1) is 13.4. The van der Waals surface area contributed by atoms with Gasteiger partial charge in [-0.05, 0) is 50.0 Å². The standard InChI is InChI=1S/C21H22ClN3O3/c1-24(2)11-12-25-18-9-8-17(13-19(18)28-14-21(25)27)23-20(26)10-5-15-3-6-16(22)7-4-15/h3-10,13H,11-12,14H2,1-2H3,(H,23,26)/b10-5+. The minimum atomic E-state index is -0.258. The molecule has 2 amide bonds. The first kappa shape index (κ1) is 19.9. The van der Waals surface area contributed by atoms with Crippen LogP contribution >= 0.6 is 11.6 Å². The second-order valence-corrected chi connectivity index (χ2v) is 7.13. The Labute approximate surface area is 169 Å². The molecule has 146 valence electrons. The van der Waals surface area contributed by atoms with Crippen molar-refractivity contribution in [2.75, 3.05) is 44.0 Å². The van der Waals surface area contributed by atoms with E-state index in [9.17, 15) is 9.59 Å². The highest BCUT2D eigenvalue weighted by Gasteiger charge is 2.25. The molecule has 0 fully saturated rings. The molecule has 0 atom stereocenters. The van der Waals surface area contributed by atoms with Gasteiger partial charge in [-0.15, -0.1) is 0 Å². The van der Waals surface area contributed by atoms with E-state index >= 15 is 0 Å². The van der Waals surface area contributed by atoms with E-state index in [1.165, 1.54) is 6.08 Å². The molecule has 1 heterocycles. The molecular formula is C21H22ClN3O3. The Bertz CT molecular complexity index is 894. The van der Waals surface area contributed by atoms with Gasteiger partial charge in [0.05, 0.1) is 5.69 Å². The van der Waals surface area contributed by atoms with Gasteiger partial charge in [-0.25, -0.2) is 0 Å². The molecular weight excluding hydrogens is 378 g/mol. The van der Waals surface area contributed by atoms with Gasteiger partial charge in [0, 0.05) is 35.9 Å². The van der Waals surface area contributed by atoms with Crippen molar-refractivity contribution in [3.8, 4) is 5.75 Å². The molecule has 6 nitrogen and oxygen atoms in total. The Kier molecular flexibility index (Phi) is 6.34. The Morgan fingerprint density at radius 3 is 2.71 bits per heavy atom. The number of fused-ring (bicyclic) bond motifs is 1. The maximum absolute atomic E-state index is 12.2. The van der Waals surface area contributed by atoms with Gasteiger partial charge in [-0.1, -0.05) is 23.7 Å². The summed E-state index contributed by atoms with van der Waals surface area (Å²) in [5, 5.41) is 3.45. The van der Waals surface area contributed by atoms with Crippen LogP contribution < -0.4 is 15.0 Å². The van der Waals surface area contributed by atoms with Crippen LogP contribution in [0.3, 0.4) is 0 Å². The molecule has 0 unspecified atom stereocenters. The van der Waals surface area contributed by atoms with Crippen LogP contribution in [0.1, 0.15) is 5.56 Å².